The molecule has 0 atom stereocenters. The first kappa shape index (κ1) is 13.6. The number of para-hydroxylation sites is 1. The molecule has 19 heavy (non-hydrogen) atoms. The first-order valence-electron chi connectivity index (χ1n) is 6.54. The molecule has 0 fully saturated rings. The summed E-state index contributed by atoms with van der Waals surface area (Å²) in [5.41, 5.74) is 8.81. The van der Waals surface area contributed by atoms with E-state index in [9.17, 15) is 0 Å². The Bertz CT molecular complexity index is 564. The average Bonchev–Trinajstić information content (AvgIpc) is 2.38. The van der Waals surface area contributed by atoms with Crippen LogP contribution in [0.4, 0.5) is 0 Å². The van der Waals surface area contributed by atoms with Gasteiger partial charge in [-0.25, -0.2) is 4.98 Å². The molecule has 2 N–H and O–H groups in total. The van der Waals surface area contributed by atoms with Gasteiger partial charge in [0, 0.05) is 18.3 Å². The Morgan fingerprint density at radius 2 is 1.95 bits per heavy atom. The second-order valence-corrected chi connectivity index (χ2v) is 4.95. The highest BCUT2D eigenvalue weighted by Gasteiger charge is 2.09. The molecule has 0 bridgehead atoms. The maximum atomic E-state index is 5.93. The fourth-order valence-electron chi connectivity index (χ4n) is 2.04. The zero-order valence-corrected chi connectivity index (χ0v) is 11.7. The van der Waals surface area contributed by atoms with E-state index < -0.39 is 0 Å². The minimum absolute atomic E-state index is 0.412. The fourth-order valence-corrected chi connectivity index (χ4v) is 2.04. The third-order valence-corrected chi connectivity index (χ3v) is 2.98. The monoisotopic (exact) mass is 256 g/mol. The Labute approximate surface area is 114 Å². The second kappa shape index (κ2) is 5.85. The molecule has 1 aromatic carbocycles. The molecule has 2 rings (SSSR count). The van der Waals surface area contributed by atoms with E-state index in [4.69, 9.17) is 10.5 Å². The lowest BCUT2D eigenvalue weighted by atomic mass is 10.0. The van der Waals surface area contributed by atoms with Crippen LogP contribution in [0.5, 0.6) is 11.6 Å². The normalized spacial score (nSPS) is 10.8. The lowest BCUT2D eigenvalue weighted by molar-refractivity contribution is 0.452. The van der Waals surface area contributed by atoms with Crippen LogP contribution in [0.25, 0.3) is 0 Å². The van der Waals surface area contributed by atoms with Gasteiger partial charge in [-0.05, 0) is 36.1 Å². The van der Waals surface area contributed by atoms with Gasteiger partial charge in [0.2, 0.25) is 5.88 Å². The number of hydrogen-bond acceptors (Lipinski definition) is 3. The summed E-state index contributed by atoms with van der Waals surface area (Å²) in [7, 11) is 0. The van der Waals surface area contributed by atoms with Gasteiger partial charge in [0.25, 0.3) is 0 Å². The SMILES string of the molecule is Cc1cc(CN)cc(Oc2ccccc2C(C)C)n1. The maximum Gasteiger partial charge on any atom is 0.219 e. The Kier molecular flexibility index (Phi) is 4.17. The number of aryl methyl sites for hydroxylation is 1. The Hall–Kier alpha value is -1.87. The van der Waals surface area contributed by atoms with E-state index in [-0.39, 0.29) is 0 Å². The first-order valence-corrected chi connectivity index (χ1v) is 6.54. The lowest BCUT2D eigenvalue weighted by Gasteiger charge is -2.13. The van der Waals surface area contributed by atoms with Crippen LogP contribution < -0.4 is 10.5 Å². The molecule has 0 saturated heterocycles. The van der Waals surface area contributed by atoms with Crippen LogP contribution in [-0.4, -0.2) is 4.98 Å². The van der Waals surface area contributed by atoms with Crippen molar-refractivity contribution in [1.29, 1.82) is 0 Å². The molecule has 3 nitrogen and oxygen atoms in total. The van der Waals surface area contributed by atoms with Gasteiger partial charge in [0.15, 0.2) is 0 Å². The summed E-state index contributed by atoms with van der Waals surface area (Å²) in [5.74, 6) is 1.88. The summed E-state index contributed by atoms with van der Waals surface area (Å²) in [4.78, 5) is 4.40. The van der Waals surface area contributed by atoms with Gasteiger partial charge in [-0.1, -0.05) is 32.0 Å². The fraction of sp³-hybridized carbons (Fsp3) is 0.312. The average molecular weight is 256 g/mol. The molecular weight excluding hydrogens is 236 g/mol. The quantitative estimate of drug-likeness (QED) is 0.906. The molecule has 3 heteroatoms. The number of nitrogens with two attached hydrogens (primary N) is 1. The summed E-state index contributed by atoms with van der Waals surface area (Å²) >= 11 is 0. The summed E-state index contributed by atoms with van der Waals surface area (Å²) < 4.78 is 5.93. The number of hydrogen-bond donors (Lipinski definition) is 1. The highest BCUT2D eigenvalue weighted by molar-refractivity contribution is 5.38. The van der Waals surface area contributed by atoms with Crippen LogP contribution in [0.15, 0.2) is 36.4 Å². The molecule has 0 radical (unpaired) electrons. The molecule has 0 aliphatic rings. The third kappa shape index (κ3) is 3.32. The summed E-state index contributed by atoms with van der Waals surface area (Å²) in [6, 6.07) is 11.9. The van der Waals surface area contributed by atoms with Crippen molar-refractivity contribution in [1.82, 2.24) is 4.98 Å². The van der Waals surface area contributed by atoms with E-state index >= 15 is 0 Å². The van der Waals surface area contributed by atoms with Gasteiger partial charge >= 0.3 is 0 Å². The van der Waals surface area contributed by atoms with Gasteiger partial charge < -0.3 is 10.5 Å². The van der Waals surface area contributed by atoms with Crippen LogP contribution in [0.3, 0.4) is 0 Å². The number of ether oxygens (including phenoxy) is 1. The molecule has 0 spiro atoms. The first-order chi connectivity index (χ1) is 9.10. The molecule has 2 aromatic rings. The Morgan fingerprint density at radius 3 is 2.63 bits per heavy atom. The van der Waals surface area contributed by atoms with Crippen molar-refractivity contribution in [2.75, 3.05) is 0 Å². The Balaban J connectivity index is 2.33. The smallest absolute Gasteiger partial charge is 0.219 e. The summed E-state index contributed by atoms with van der Waals surface area (Å²) in [5, 5.41) is 0. The molecule has 0 unspecified atom stereocenters. The van der Waals surface area contributed by atoms with Crippen molar-refractivity contribution in [2.24, 2.45) is 5.73 Å². The van der Waals surface area contributed by atoms with Gasteiger partial charge in [-0.2, -0.15) is 0 Å². The molecule has 0 aliphatic carbocycles. The number of pyridine rings is 1. The van der Waals surface area contributed by atoms with Crippen molar-refractivity contribution < 1.29 is 4.74 Å². The highest BCUT2D eigenvalue weighted by Crippen LogP contribution is 2.29. The topological polar surface area (TPSA) is 48.1 Å². The van der Waals surface area contributed by atoms with E-state index in [0.29, 0.717) is 18.3 Å². The number of aromatic nitrogens is 1. The largest absolute Gasteiger partial charge is 0.439 e. The van der Waals surface area contributed by atoms with E-state index in [0.717, 1.165) is 17.0 Å². The highest BCUT2D eigenvalue weighted by atomic mass is 16.5. The van der Waals surface area contributed by atoms with Gasteiger partial charge in [0.05, 0.1) is 0 Å². The summed E-state index contributed by atoms with van der Waals surface area (Å²) in [6.45, 7) is 6.74. The Morgan fingerprint density at radius 1 is 1.21 bits per heavy atom. The molecule has 0 saturated carbocycles. The summed E-state index contributed by atoms with van der Waals surface area (Å²) in [6.07, 6.45) is 0. The van der Waals surface area contributed by atoms with E-state index in [1.165, 1.54) is 5.56 Å². The maximum absolute atomic E-state index is 5.93. The van der Waals surface area contributed by atoms with Crippen LogP contribution in [0.2, 0.25) is 0 Å². The van der Waals surface area contributed by atoms with Gasteiger partial charge in [0.1, 0.15) is 5.75 Å². The van der Waals surface area contributed by atoms with Gasteiger partial charge in [-0.15, -0.1) is 0 Å². The molecule has 1 heterocycles. The van der Waals surface area contributed by atoms with Crippen molar-refractivity contribution in [3.05, 3.63) is 53.2 Å². The van der Waals surface area contributed by atoms with E-state index in [1.54, 1.807) is 0 Å². The minimum atomic E-state index is 0.412. The predicted molar refractivity (Wildman–Crippen MR) is 77.5 cm³/mol. The molecule has 0 aliphatic heterocycles. The van der Waals surface area contributed by atoms with Crippen molar-refractivity contribution >= 4 is 0 Å². The van der Waals surface area contributed by atoms with Crippen LogP contribution >= 0.6 is 0 Å². The van der Waals surface area contributed by atoms with Crippen molar-refractivity contribution in [3.63, 3.8) is 0 Å². The second-order valence-electron chi connectivity index (χ2n) is 4.95. The minimum Gasteiger partial charge on any atom is -0.439 e. The van der Waals surface area contributed by atoms with Crippen molar-refractivity contribution in [2.45, 2.75) is 33.2 Å². The number of benzene rings is 1. The molecule has 100 valence electrons. The van der Waals surface area contributed by atoms with E-state index in [1.807, 2.05) is 37.3 Å². The van der Waals surface area contributed by atoms with Crippen LogP contribution in [0.1, 0.15) is 36.6 Å². The third-order valence-electron chi connectivity index (χ3n) is 2.98. The van der Waals surface area contributed by atoms with Crippen LogP contribution in [0, 0.1) is 6.92 Å². The number of rotatable bonds is 4. The lowest BCUT2D eigenvalue weighted by Crippen LogP contribution is -2.00. The zero-order chi connectivity index (χ0) is 13.8. The number of nitrogens with zero attached hydrogens (tertiary/aromatic N) is 1. The van der Waals surface area contributed by atoms with E-state index in [2.05, 4.69) is 24.9 Å². The van der Waals surface area contributed by atoms with Gasteiger partial charge in [-0.3, -0.25) is 0 Å². The molecular formula is C16H20N2O. The zero-order valence-electron chi connectivity index (χ0n) is 11.7. The van der Waals surface area contributed by atoms with Crippen LogP contribution in [-0.2, 0) is 6.54 Å². The predicted octanol–water partition coefficient (Wildman–Crippen LogP) is 3.76. The molecule has 0 amide bonds. The molecule has 1 aromatic heterocycles. The standard InChI is InChI=1S/C16H20N2O/c1-11(2)14-6-4-5-7-15(14)19-16-9-13(10-17)8-12(3)18-16/h4-9,11H,10,17H2,1-3H3. The van der Waals surface area contributed by atoms with Crippen molar-refractivity contribution in [3.8, 4) is 11.6 Å².